The number of amides is 1. The molecule has 0 bridgehead atoms. The maximum Gasteiger partial charge on any atom is 0.226 e. The number of nitrogens with two attached hydrogens (primary N) is 1. The largest absolute Gasteiger partial charge is 0.497 e. The summed E-state index contributed by atoms with van der Waals surface area (Å²) in [5, 5.41) is 0.644. The molecule has 1 saturated heterocycles. The number of hydrogen-bond acceptors (Lipinski definition) is 4. The zero-order chi connectivity index (χ0) is 22.0. The molecule has 1 aliphatic carbocycles. The monoisotopic (exact) mass is 422 g/mol. The first-order chi connectivity index (χ1) is 14.0. The second kappa shape index (κ2) is 12.7. The van der Waals surface area contributed by atoms with Gasteiger partial charge in [-0.25, -0.2) is 0 Å². The van der Waals surface area contributed by atoms with E-state index in [-0.39, 0.29) is 23.7 Å². The van der Waals surface area contributed by atoms with Crippen molar-refractivity contribution >= 4 is 23.3 Å². The van der Waals surface area contributed by atoms with Gasteiger partial charge >= 0.3 is 0 Å². The SMILES string of the molecule is C/C=C1\CC(N2CCC(Cc3ccc(OC)cc3Cl)C2=O)CCC1=O.CC.CN. The number of benzene rings is 1. The van der Waals surface area contributed by atoms with Gasteiger partial charge < -0.3 is 15.4 Å². The van der Waals surface area contributed by atoms with E-state index in [1.165, 1.54) is 7.05 Å². The Morgan fingerprint density at radius 1 is 1.24 bits per heavy atom. The molecule has 162 valence electrons. The van der Waals surface area contributed by atoms with Gasteiger partial charge in [-0.15, -0.1) is 0 Å². The normalized spacial score (nSPS) is 22.6. The van der Waals surface area contributed by atoms with Crippen LogP contribution in [0.25, 0.3) is 0 Å². The van der Waals surface area contributed by atoms with Gasteiger partial charge in [0.05, 0.1) is 7.11 Å². The van der Waals surface area contributed by atoms with Crippen molar-refractivity contribution < 1.29 is 14.3 Å². The van der Waals surface area contributed by atoms with Crippen molar-refractivity contribution in [1.29, 1.82) is 0 Å². The van der Waals surface area contributed by atoms with Gasteiger partial charge in [-0.1, -0.05) is 37.6 Å². The third kappa shape index (κ3) is 6.31. The van der Waals surface area contributed by atoms with E-state index in [0.29, 0.717) is 24.3 Å². The highest BCUT2D eigenvalue weighted by Crippen LogP contribution is 2.33. The molecule has 2 fully saturated rings. The Balaban J connectivity index is 0.000000989. The molecule has 2 unspecified atom stereocenters. The fraction of sp³-hybridized carbons (Fsp3) is 0.565. The van der Waals surface area contributed by atoms with Crippen LogP contribution in [0.3, 0.4) is 0 Å². The molecule has 0 radical (unpaired) electrons. The van der Waals surface area contributed by atoms with Crippen LogP contribution in [0.5, 0.6) is 5.75 Å². The summed E-state index contributed by atoms with van der Waals surface area (Å²) in [6.45, 7) is 6.67. The Bertz CT molecular complexity index is 718. The topological polar surface area (TPSA) is 72.6 Å². The summed E-state index contributed by atoms with van der Waals surface area (Å²) < 4.78 is 5.17. The van der Waals surface area contributed by atoms with Crippen LogP contribution in [0, 0.1) is 5.92 Å². The van der Waals surface area contributed by atoms with E-state index < -0.39 is 0 Å². The maximum atomic E-state index is 12.9. The van der Waals surface area contributed by atoms with E-state index in [9.17, 15) is 9.59 Å². The lowest BCUT2D eigenvalue weighted by molar-refractivity contribution is -0.134. The molecule has 2 aliphatic rings. The number of ketones is 1. The predicted octanol–water partition coefficient (Wildman–Crippen LogP) is 4.41. The predicted molar refractivity (Wildman–Crippen MR) is 119 cm³/mol. The molecule has 1 saturated carbocycles. The van der Waals surface area contributed by atoms with Crippen LogP contribution in [0.4, 0.5) is 0 Å². The first-order valence-electron chi connectivity index (χ1n) is 10.4. The standard InChI is InChI=1S/C20H24ClNO3.C2H6.CH5N/c1-3-13-11-16(5-7-19(13)23)22-9-8-15(20(22)24)10-14-4-6-17(25-2)12-18(14)21;2*1-2/h3-4,6,12,15-16H,5,7-11H2,1-2H3;1-2H3;2H2,1H3/b13-3+;;. The Morgan fingerprint density at radius 2 is 1.93 bits per heavy atom. The molecule has 5 nitrogen and oxygen atoms in total. The Morgan fingerprint density at radius 3 is 2.52 bits per heavy atom. The molecule has 29 heavy (non-hydrogen) atoms. The highest BCUT2D eigenvalue weighted by Gasteiger charge is 2.38. The third-order valence-electron chi connectivity index (χ3n) is 5.38. The minimum absolute atomic E-state index is 0.0300. The van der Waals surface area contributed by atoms with Gasteiger partial charge in [0.15, 0.2) is 5.78 Å². The van der Waals surface area contributed by atoms with Gasteiger partial charge in [-0.05, 0) is 62.9 Å². The van der Waals surface area contributed by atoms with Gasteiger partial charge in [0.2, 0.25) is 5.91 Å². The quantitative estimate of drug-likeness (QED) is 0.729. The molecule has 2 atom stereocenters. The van der Waals surface area contributed by atoms with Crippen molar-refractivity contribution in [2.24, 2.45) is 11.7 Å². The summed E-state index contributed by atoms with van der Waals surface area (Å²) in [6.07, 6.45) is 5.40. The lowest BCUT2D eigenvalue weighted by atomic mass is 9.88. The van der Waals surface area contributed by atoms with Crippen LogP contribution >= 0.6 is 11.6 Å². The average molecular weight is 423 g/mol. The van der Waals surface area contributed by atoms with Gasteiger partial charge in [0.1, 0.15) is 5.75 Å². The fourth-order valence-electron chi connectivity index (χ4n) is 3.87. The van der Waals surface area contributed by atoms with E-state index in [0.717, 1.165) is 36.3 Å². The molecule has 1 aromatic carbocycles. The molecule has 0 spiro atoms. The molecule has 6 heteroatoms. The van der Waals surface area contributed by atoms with Gasteiger partial charge in [0, 0.05) is 29.9 Å². The van der Waals surface area contributed by atoms with Crippen LogP contribution in [-0.4, -0.2) is 43.3 Å². The van der Waals surface area contributed by atoms with Gasteiger partial charge in [0.25, 0.3) is 0 Å². The molecular formula is C23H35ClN2O3. The smallest absolute Gasteiger partial charge is 0.226 e. The van der Waals surface area contributed by atoms with Gasteiger partial charge in [-0.3, -0.25) is 9.59 Å². The number of hydrogen-bond donors (Lipinski definition) is 1. The number of nitrogens with zero attached hydrogens (tertiary/aromatic N) is 1. The highest BCUT2D eigenvalue weighted by atomic mass is 35.5. The lowest BCUT2D eigenvalue weighted by Crippen LogP contribution is -2.41. The fourth-order valence-corrected chi connectivity index (χ4v) is 4.12. The first-order valence-corrected chi connectivity index (χ1v) is 10.8. The van der Waals surface area contributed by atoms with Crippen LogP contribution in [0.2, 0.25) is 5.02 Å². The van der Waals surface area contributed by atoms with Crippen LogP contribution in [0.1, 0.15) is 52.0 Å². The van der Waals surface area contributed by atoms with Crippen molar-refractivity contribution in [3.8, 4) is 5.75 Å². The van der Waals surface area contributed by atoms with Crippen molar-refractivity contribution in [3.05, 3.63) is 40.4 Å². The number of halogens is 1. The highest BCUT2D eigenvalue weighted by molar-refractivity contribution is 6.31. The van der Waals surface area contributed by atoms with Crippen LogP contribution in [0.15, 0.2) is 29.8 Å². The second-order valence-corrected chi connectivity index (χ2v) is 7.22. The number of methoxy groups -OCH3 is 1. The molecule has 1 heterocycles. The zero-order valence-corrected chi connectivity index (χ0v) is 19.1. The minimum atomic E-state index is -0.0300. The molecular weight excluding hydrogens is 388 g/mol. The van der Waals surface area contributed by atoms with E-state index >= 15 is 0 Å². The summed E-state index contributed by atoms with van der Waals surface area (Å²) in [5.74, 6) is 1.12. The molecule has 3 rings (SSSR count). The maximum absolute atomic E-state index is 12.9. The summed E-state index contributed by atoms with van der Waals surface area (Å²) in [5.41, 5.74) is 6.35. The molecule has 1 aliphatic heterocycles. The number of rotatable bonds is 4. The van der Waals surface area contributed by atoms with Crippen molar-refractivity contribution in [2.45, 2.75) is 58.9 Å². The molecule has 1 amide bonds. The number of carbonyl (C=O) groups is 2. The molecule has 0 aromatic heterocycles. The zero-order valence-electron chi connectivity index (χ0n) is 18.3. The van der Waals surface area contributed by atoms with Crippen LogP contribution in [-0.2, 0) is 16.0 Å². The first kappa shape index (κ1) is 25.2. The number of Topliss-reactive ketones (excluding diaryl/α,β-unsaturated/α-hetero) is 1. The molecule has 1 aromatic rings. The number of likely N-dealkylation sites (tertiary alicyclic amines) is 1. The summed E-state index contributed by atoms with van der Waals surface area (Å²) in [4.78, 5) is 26.7. The van der Waals surface area contributed by atoms with Crippen molar-refractivity contribution in [3.63, 3.8) is 0 Å². The van der Waals surface area contributed by atoms with E-state index in [1.54, 1.807) is 13.2 Å². The Hall–Kier alpha value is -1.85. The minimum Gasteiger partial charge on any atom is -0.497 e. The van der Waals surface area contributed by atoms with Crippen molar-refractivity contribution in [2.75, 3.05) is 20.7 Å². The summed E-state index contributed by atoms with van der Waals surface area (Å²) in [7, 11) is 3.11. The second-order valence-electron chi connectivity index (χ2n) is 6.81. The Kier molecular flexibility index (Phi) is 11.0. The molecule has 2 N–H and O–H groups in total. The third-order valence-corrected chi connectivity index (χ3v) is 5.74. The van der Waals surface area contributed by atoms with Crippen molar-refractivity contribution in [1.82, 2.24) is 4.90 Å². The van der Waals surface area contributed by atoms with E-state index in [1.807, 2.05) is 43.9 Å². The van der Waals surface area contributed by atoms with E-state index in [2.05, 4.69) is 5.73 Å². The number of ether oxygens (including phenoxy) is 1. The lowest BCUT2D eigenvalue weighted by Gasteiger charge is -2.32. The Labute approximate surface area is 180 Å². The van der Waals surface area contributed by atoms with Crippen LogP contribution < -0.4 is 10.5 Å². The summed E-state index contributed by atoms with van der Waals surface area (Å²) >= 11 is 6.32. The number of allylic oxidation sites excluding steroid dienone is 1. The average Bonchev–Trinajstić information content (AvgIpc) is 3.13. The van der Waals surface area contributed by atoms with Gasteiger partial charge in [-0.2, -0.15) is 0 Å². The van der Waals surface area contributed by atoms with E-state index in [4.69, 9.17) is 16.3 Å². The number of carbonyl (C=O) groups excluding carboxylic acids is 2. The summed E-state index contributed by atoms with van der Waals surface area (Å²) in [6, 6.07) is 5.77.